The maximum absolute atomic E-state index is 11.9. The summed E-state index contributed by atoms with van der Waals surface area (Å²) in [5.74, 6) is -1.64. The second-order valence-electron chi connectivity index (χ2n) is 4.66. The van der Waals surface area contributed by atoms with Crippen LogP contribution >= 0.6 is 0 Å². The lowest BCUT2D eigenvalue weighted by Crippen LogP contribution is -2.42. The normalized spacial score (nSPS) is 10.0. The Balaban J connectivity index is 2.45. The number of carbonyl (C=O) groups excluding carboxylic acids is 2. The summed E-state index contributed by atoms with van der Waals surface area (Å²) in [6.07, 6.45) is 0. The minimum atomic E-state index is -1.16. The van der Waals surface area contributed by atoms with Crippen LogP contribution in [0.25, 0.3) is 0 Å². The number of hydrogen-bond acceptors (Lipinski definition) is 3. The highest BCUT2D eigenvalue weighted by molar-refractivity contribution is 6.04. The number of aromatic carboxylic acids is 1. The van der Waals surface area contributed by atoms with E-state index in [0.717, 1.165) is 0 Å². The van der Waals surface area contributed by atoms with Crippen LogP contribution in [-0.4, -0.2) is 42.1 Å². The van der Waals surface area contributed by atoms with Gasteiger partial charge >= 0.3 is 12.0 Å². The number of carboxylic acids is 1. The molecule has 114 valence electrons. The monoisotopic (exact) mass is 293 g/mol. The van der Waals surface area contributed by atoms with E-state index in [-0.39, 0.29) is 36.3 Å². The third-order valence-electron chi connectivity index (χ3n) is 2.52. The zero-order valence-electron chi connectivity index (χ0n) is 12.0. The van der Waals surface area contributed by atoms with E-state index in [1.165, 1.54) is 12.1 Å². The van der Waals surface area contributed by atoms with Crippen molar-refractivity contribution in [1.29, 1.82) is 0 Å². The fourth-order valence-electron chi connectivity index (χ4n) is 1.63. The Labute approximate surface area is 122 Å². The van der Waals surface area contributed by atoms with Gasteiger partial charge in [-0.2, -0.15) is 0 Å². The fourth-order valence-corrected chi connectivity index (χ4v) is 1.63. The van der Waals surface area contributed by atoms with E-state index in [0.29, 0.717) is 0 Å². The molecule has 0 fully saturated rings. The van der Waals surface area contributed by atoms with Gasteiger partial charge in [0.2, 0.25) is 0 Å². The van der Waals surface area contributed by atoms with Gasteiger partial charge in [0.05, 0.1) is 11.1 Å². The van der Waals surface area contributed by atoms with Crippen LogP contribution in [0.5, 0.6) is 0 Å². The summed E-state index contributed by atoms with van der Waals surface area (Å²) in [7, 11) is 0. The Morgan fingerprint density at radius 3 is 2.19 bits per heavy atom. The first-order valence-electron chi connectivity index (χ1n) is 6.56. The number of rotatable bonds is 6. The third-order valence-corrected chi connectivity index (χ3v) is 2.52. The molecule has 0 saturated carbocycles. The zero-order valence-corrected chi connectivity index (χ0v) is 12.0. The highest BCUT2D eigenvalue weighted by atomic mass is 16.4. The number of hydrogen-bond donors (Lipinski definition) is 4. The van der Waals surface area contributed by atoms with Crippen LogP contribution in [0.2, 0.25) is 0 Å². The van der Waals surface area contributed by atoms with Gasteiger partial charge in [0.1, 0.15) is 0 Å². The van der Waals surface area contributed by atoms with Gasteiger partial charge in [0.25, 0.3) is 5.91 Å². The highest BCUT2D eigenvalue weighted by Crippen LogP contribution is 2.08. The second-order valence-corrected chi connectivity index (χ2v) is 4.66. The van der Waals surface area contributed by atoms with Crippen LogP contribution in [-0.2, 0) is 0 Å². The number of carbonyl (C=O) groups is 3. The molecule has 0 atom stereocenters. The maximum Gasteiger partial charge on any atom is 0.336 e. The molecule has 0 aliphatic carbocycles. The highest BCUT2D eigenvalue weighted by Gasteiger charge is 2.15. The van der Waals surface area contributed by atoms with Crippen LogP contribution in [0.4, 0.5) is 4.79 Å². The van der Waals surface area contributed by atoms with Gasteiger partial charge in [-0.3, -0.25) is 4.79 Å². The van der Waals surface area contributed by atoms with Gasteiger partial charge in [-0.1, -0.05) is 12.1 Å². The van der Waals surface area contributed by atoms with Crippen molar-refractivity contribution in [1.82, 2.24) is 16.0 Å². The second kappa shape index (κ2) is 7.88. The molecule has 0 spiro atoms. The first kappa shape index (κ1) is 16.5. The Bertz CT molecular complexity index is 529. The molecule has 0 radical (unpaired) electrons. The van der Waals surface area contributed by atoms with Crippen molar-refractivity contribution >= 4 is 17.9 Å². The molecule has 4 N–H and O–H groups in total. The van der Waals surface area contributed by atoms with E-state index in [4.69, 9.17) is 5.11 Å². The molecule has 0 heterocycles. The summed E-state index contributed by atoms with van der Waals surface area (Å²) in [6.45, 7) is 4.13. The standard InChI is InChI=1S/C14H19N3O4/c1-9(2)17-14(21)16-8-7-15-12(18)10-5-3-4-6-11(10)13(19)20/h3-6,9H,7-8H2,1-2H3,(H,15,18)(H,19,20)(H2,16,17,21). The Morgan fingerprint density at radius 2 is 1.62 bits per heavy atom. The van der Waals surface area contributed by atoms with Crippen LogP contribution in [0.1, 0.15) is 34.6 Å². The summed E-state index contributed by atoms with van der Waals surface area (Å²) in [5, 5.41) is 16.8. The summed E-state index contributed by atoms with van der Waals surface area (Å²) in [6, 6.07) is 5.67. The molecule has 7 nitrogen and oxygen atoms in total. The lowest BCUT2D eigenvalue weighted by molar-refractivity contribution is 0.0691. The lowest BCUT2D eigenvalue weighted by atomic mass is 10.1. The molecular formula is C14H19N3O4. The van der Waals surface area contributed by atoms with E-state index in [9.17, 15) is 14.4 Å². The van der Waals surface area contributed by atoms with E-state index in [1.807, 2.05) is 13.8 Å². The van der Waals surface area contributed by atoms with Crippen molar-refractivity contribution in [2.75, 3.05) is 13.1 Å². The van der Waals surface area contributed by atoms with Crippen LogP contribution < -0.4 is 16.0 Å². The molecule has 3 amide bonds. The molecule has 7 heteroatoms. The van der Waals surface area contributed by atoms with Crippen molar-refractivity contribution in [3.8, 4) is 0 Å². The summed E-state index contributed by atoms with van der Waals surface area (Å²) < 4.78 is 0. The van der Waals surface area contributed by atoms with Gasteiger partial charge in [-0.15, -0.1) is 0 Å². The van der Waals surface area contributed by atoms with Gasteiger partial charge in [0, 0.05) is 19.1 Å². The zero-order chi connectivity index (χ0) is 15.8. The minimum absolute atomic E-state index is 0.0297. The fraction of sp³-hybridized carbons (Fsp3) is 0.357. The molecule has 0 saturated heterocycles. The summed E-state index contributed by atoms with van der Waals surface area (Å²) in [5.41, 5.74) is 0.0390. The Morgan fingerprint density at radius 1 is 1.05 bits per heavy atom. The van der Waals surface area contributed by atoms with Crippen LogP contribution in [0.3, 0.4) is 0 Å². The average molecular weight is 293 g/mol. The number of urea groups is 1. The SMILES string of the molecule is CC(C)NC(=O)NCCNC(=O)c1ccccc1C(=O)O. The summed E-state index contributed by atoms with van der Waals surface area (Å²) in [4.78, 5) is 34.2. The number of benzene rings is 1. The quantitative estimate of drug-likeness (QED) is 0.582. The number of nitrogens with one attached hydrogen (secondary N) is 3. The topological polar surface area (TPSA) is 108 Å². The van der Waals surface area contributed by atoms with E-state index >= 15 is 0 Å². The Hall–Kier alpha value is -2.57. The maximum atomic E-state index is 11.9. The van der Waals surface area contributed by atoms with Crippen molar-refractivity contribution in [3.05, 3.63) is 35.4 Å². The van der Waals surface area contributed by atoms with Gasteiger partial charge in [-0.05, 0) is 26.0 Å². The Kier molecular flexibility index (Phi) is 6.19. The molecule has 0 bridgehead atoms. The minimum Gasteiger partial charge on any atom is -0.478 e. The van der Waals surface area contributed by atoms with E-state index < -0.39 is 11.9 Å². The van der Waals surface area contributed by atoms with Crippen molar-refractivity contribution in [2.24, 2.45) is 0 Å². The molecule has 1 rings (SSSR count). The van der Waals surface area contributed by atoms with Gasteiger partial charge < -0.3 is 21.1 Å². The van der Waals surface area contributed by atoms with E-state index in [1.54, 1.807) is 12.1 Å². The van der Waals surface area contributed by atoms with Crippen molar-refractivity contribution in [2.45, 2.75) is 19.9 Å². The molecule has 0 aliphatic heterocycles. The molecule has 0 aliphatic rings. The molecule has 0 unspecified atom stereocenters. The predicted molar refractivity (Wildman–Crippen MR) is 77.4 cm³/mol. The van der Waals surface area contributed by atoms with Gasteiger partial charge in [-0.25, -0.2) is 9.59 Å². The van der Waals surface area contributed by atoms with Crippen molar-refractivity contribution in [3.63, 3.8) is 0 Å². The largest absolute Gasteiger partial charge is 0.478 e. The van der Waals surface area contributed by atoms with E-state index in [2.05, 4.69) is 16.0 Å². The predicted octanol–water partition coefficient (Wildman–Crippen LogP) is 0.822. The number of amides is 3. The average Bonchev–Trinajstić information content (AvgIpc) is 2.42. The van der Waals surface area contributed by atoms with Gasteiger partial charge in [0.15, 0.2) is 0 Å². The first-order chi connectivity index (χ1) is 9.91. The molecular weight excluding hydrogens is 274 g/mol. The van der Waals surface area contributed by atoms with Crippen molar-refractivity contribution < 1.29 is 19.5 Å². The van der Waals surface area contributed by atoms with Crippen LogP contribution in [0, 0.1) is 0 Å². The third kappa shape index (κ3) is 5.52. The lowest BCUT2D eigenvalue weighted by Gasteiger charge is -2.11. The molecule has 1 aromatic rings. The summed E-state index contributed by atoms with van der Waals surface area (Å²) >= 11 is 0. The smallest absolute Gasteiger partial charge is 0.336 e. The van der Waals surface area contributed by atoms with Crippen LogP contribution in [0.15, 0.2) is 24.3 Å². The first-order valence-corrected chi connectivity index (χ1v) is 6.56. The molecule has 21 heavy (non-hydrogen) atoms. The molecule has 1 aromatic carbocycles. The number of carboxylic acid groups (broad SMARTS) is 1. The molecule has 0 aromatic heterocycles.